The fourth-order valence-corrected chi connectivity index (χ4v) is 6.09. The average molecular weight is 451 g/mol. The molecule has 1 aliphatic carbocycles. The maximum atomic E-state index is 13.7. The minimum absolute atomic E-state index is 0.131. The maximum Gasteiger partial charge on any atom is 0.188 e. The monoisotopic (exact) mass is 450 g/mol. The van der Waals surface area contributed by atoms with Crippen molar-refractivity contribution in [1.29, 1.82) is 0 Å². The van der Waals surface area contributed by atoms with E-state index in [2.05, 4.69) is 0 Å². The van der Waals surface area contributed by atoms with Crippen LogP contribution >= 0.6 is 0 Å². The van der Waals surface area contributed by atoms with Crippen molar-refractivity contribution in [3.8, 4) is 11.5 Å². The lowest BCUT2D eigenvalue weighted by Gasteiger charge is -2.20. The molecule has 0 bridgehead atoms. The molecule has 32 heavy (non-hydrogen) atoms. The summed E-state index contributed by atoms with van der Waals surface area (Å²) in [6.07, 6.45) is 0.752. The molecule has 3 aromatic carbocycles. The van der Waals surface area contributed by atoms with E-state index < -0.39 is 20.9 Å². The highest BCUT2D eigenvalue weighted by Gasteiger charge is 2.40. The highest BCUT2D eigenvalue weighted by atomic mass is 32.2. The van der Waals surface area contributed by atoms with Crippen LogP contribution in [0.4, 0.5) is 0 Å². The summed E-state index contributed by atoms with van der Waals surface area (Å²) in [4.78, 5) is 13.9. The zero-order chi connectivity index (χ0) is 22.9. The summed E-state index contributed by atoms with van der Waals surface area (Å²) in [6, 6.07) is 19.9. The Morgan fingerprint density at radius 3 is 2.09 bits per heavy atom. The first-order valence-corrected chi connectivity index (χ1v) is 12.1. The molecule has 4 rings (SSSR count). The summed E-state index contributed by atoms with van der Waals surface area (Å²) in [7, 11) is -0.809. The molecule has 0 radical (unpaired) electrons. The number of carbonyl (C=O) groups is 1. The van der Waals surface area contributed by atoms with E-state index in [1.807, 2.05) is 43.3 Å². The fraction of sp³-hybridized carbons (Fsp3) is 0.269. The van der Waals surface area contributed by atoms with Crippen LogP contribution in [0.5, 0.6) is 11.5 Å². The first-order chi connectivity index (χ1) is 15.4. The Morgan fingerprint density at radius 2 is 1.47 bits per heavy atom. The molecule has 0 heterocycles. The Morgan fingerprint density at radius 1 is 0.844 bits per heavy atom. The predicted molar refractivity (Wildman–Crippen MR) is 124 cm³/mol. The fourth-order valence-electron chi connectivity index (χ4n) is 4.39. The molecule has 2 atom stereocenters. The number of hydrogen-bond acceptors (Lipinski definition) is 5. The van der Waals surface area contributed by atoms with Crippen LogP contribution in [-0.4, -0.2) is 33.7 Å². The third-order valence-corrected chi connectivity index (χ3v) is 8.26. The molecule has 166 valence electrons. The number of sulfone groups is 1. The standard InChI is InChI=1S/C26H26O5S/c1-17-9-11-19(12-10-17)32(28,29)25-14-13-20(18-7-5-4-6-8-18)21-15-23(30-2)24(31-3)16-22(21)26(25)27/h4-12,15-16,20,25H,13-14H2,1-3H3/t20-,25+/m0/s1. The van der Waals surface area contributed by atoms with E-state index in [0.717, 1.165) is 16.7 Å². The Balaban J connectivity index is 1.88. The summed E-state index contributed by atoms with van der Waals surface area (Å²) in [5.41, 5.74) is 3.12. The van der Waals surface area contributed by atoms with Crippen molar-refractivity contribution in [2.75, 3.05) is 14.2 Å². The van der Waals surface area contributed by atoms with Gasteiger partial charge in [-0.05, 0) is 55.2 Å². The van der Waals surface area contributed by atoms with Gasteiger partial charge in [0.05, 0.1) is 19.1 Å². The Bertz CT molecular complexity index is 1230. The van der Waals surface area contributed by atoms with Gasteiger partial charge in [-0.2, -0.15) is 0 Å². The van der Waals surface area contributed by atoms with Crippen LogP contribution < -0.4 is 9.47 Å². The lowest BCUT2D eigenvalue weighted by Crippen LogP contribution is -2.30. The predicted octanol–water partition coefficient (Wildman–Crippen LogP) is 4.96. The van der Waals surface area contributed by atoms with Crippen LogP contribution in [0.1, 0.15) is 45.8 Å². The molecule has 0 spiro atoms. The van der Waals surface area contributed by atoms with Gasteiger partial charge in [-0.1, -0.05) is 48.0 Å². The van der Waals surface area contributed by atoms with Crippen LogP contribution in [0.25, 0.3) is 0 Å². The minimum Gasteiger partial charge on any atom is -0.493 e. The van der Waals surface area contributed by atoms with Crippen molar-refractivity contribution in [2.24, 2.45) is 0 Å². The number of fused-ring (bicyclic) bond motifs is 1. The topological polar surface area (TPSA) is 69.7 Å². The van der Waals surface area contributed by atoms with Crippen LogP contribution in [-0.2, 0) is 9.84 Å². The van der Waals surface area contributed by atoms with E-state index in [4.69, 9.17) is 9.47 Å². The smallest absolute Gasteiger partial charge is 0.188 e. The van der Waals surface area contributed by atoms with Gasteiger partial charge < -0.3 is 9.47 Å². The van der Waals surface area contributed by atoms with Crippen molar-refractivity contribution in [1.82, 2.24) is 0 Å². The van der Waals surface area contributed by atoms with E-state index in [9.17, 15) is 13.2 Å². The lowest BCUT2D eigenvalue weighted by molar-refractivity contribution is 0.0985. The third-order valence-electron chi connectivity index (χ3n) is 6.13. The van der Waals surface area contributed by atoms with Crippen molar-refractivity contribution in [3.63, 3.8) is 0 Å². The average Bonchev–Trinajstić information content (AvgIpc) is 2.95. The van der Waals surface area contributed by atoms with Gasteiger partial charge in [0, 0.05) is 11.5 Å². The van der Waals surface area contributed by atoms with Crippen molar-refractivity contribution in [3.05, 3.63) is 89.0 Å². The second kappa shape index (κ2) is 8.79. The number of hydrogen-bond donors (Lipinski definition) is 0. The van der Waals surface area contributed by atoms with Crippen molar-refractivity contribution in [2.45, 2.75) is 35.8 Å². The lowest BCUT2D eigenvalue weighted by atomic mass is 9.86. The largest absolute Gasteiger partial charge is 0.493 e. The zero-order valence-electron chi connectivity index (χ0n) is 18.4. The zero-order valence-corrected chi connectivity index (χ0v) is 19.2. The van der Waals surface area contributed by atoms with Gasteiger partial charge in [-0.3, -0.25) is 4.79 Å². The molecule has 0 fully saturated rings. The molecule has 0 saturated heterocycles. The van der Waals surface area contributed by atoms with E-state index in [1.54, 1.807) is 37.4 Å². The van der Waals surface area contributed by atoms with E-state index >= 15 is 0 Å². The Hall–Kier alpha value is -3.12. The van der Waals surface area contributed by atoms with Gasteiger partial charge in [0.1, 0.15) is 5.25 Å². The molecule has 0 aliphatic heterocycles. The van der Waals surface area contributed by atoms with Crippen LogP contribution in [0.2, 0.25) is 0 Å². The maximum absolute atomic E-state index is 13.7. The summed E-state index contributed by atoms with van der Waals surface area (Å²) in [5.74, 6) is 0.382. The van der Waals surface area contributed by atoms with E-state index in [1.165, 1.54) is 7.11 Å². The number of rotatable bonds is 5. The minimum atomic E-state index is -3.86. The van der Waals surface area contributed by atoms with Gasteiger partial charge in [-0.25, -0.2) is 8.42 Å². The van der Waals surface area contributed by atoms with Crippen LogP contribution in [0, 0.1) is 6.92 Å². The number of carbonyl (C=O) groups excluding carboxylic acids is 1. The molecule has 0 amide bonds. The number of Topliss-reactive ketones (excluding diaryl/α,β-unsaturated/α-hetero) is 1. The summed E-state index contributed by atoms with van der Waals surface area (Å²) in [6.45, 7) is 1.90. The molecule has 0 aromatic heterocycles. The first kappa shape index (κ1) is 22.1. The van der Waals surface area contributed by atoms with E-state index in [-0.39, 0.29) is 17.2 Å². The number of methoxy groups -OCH3 is 2. The van der Waals surface area contributed by atoms with Gasteiger partial charge in [-0.15, -0.1) is 0 Å². The van der Waals surface area contributed by atoms with E-state index in [0.29, 0.717) is 23.5 Å². The van der Waals surface area contributed by atoms with Crippen LogP contribution in [0.15, 0.2) is 71.6 Å². The molecule has 5 nitrogen and oxygen atoms in total. The molecule has 1 aliphatic rings. The second-order valence-corrected chi connectivity index (χ2v) is 10.2. The van der Waals surface area contributed by atoms with Crippen molar-refractivity contribution >= 4 is 15.6 Å². The number of ketones is 1. The highest BCUT2D eigenvalue weighted by Crippen LogP contribution is 2.42. The van der Waals surface area contributed by atoms with Crippen molar-refractivity contribution < 1.29 is 22.7 Å². The normalized spacial score (nSPS) is 18.5. The van der Waals surface area contributed by atoms with Crippen LogP contribution in [0.3, 0.4) is 0 Å². The SMILES string of the molecule is COc1cc2c(cc1OC)[C@H](c1ccccc1)CC[C@@H](S(=O)(=O)c1ccc(C)cc1)C2=O. The number of benzene rings is 3. The molecular formula is C26H26O5S. The molecule has 6 heteroatoms. The van der Waals surface area contributed by atoms with Gasteiger partial charge in [0.25, 0.3) is 0 Å². The molecule has 0 saturated carbocycles. The highest BCUT2D eigenvalue weighted by molar-refractivity contribution is 7.92. The molecular weight excluding hydrogens is 424 g/mol. The summed E-state index contributed by atoms with van der Waals surface area (Å²) < 4.78 is 37.9. The summed E-state index contributed by atoms with van der Waals surface area (Å²) >= 11 is 0. The second-order valence-electron chi connectivity index (χ2n) is 8.05. The number of aryl methyl sites for hydroxylation is 1. The van der Waals surface area contributed by atoms with Gasteiger partial charge >= 0.3 is 0 Å². The summed E-state index contributed by atoms with van der Waals surface area (Å²) in [5, 5.41) is -1.16. The molecule has 0 N–H and O–H groups in total. The van der Waals surface area contributed by atoms with Gasteiger partial charge in [0.2, 0.25) is 0 Å². The number of ether oxygens (including phenoxy) is 2. The Labute approximate surface area is 188 Å². The molecule has 0 unspecified atom stereocenters. The van der Waals surface area contributed by atoms with Gasteiger partial charge in [0.15, 0.2) is 27.1 Å². The Kier molecular flexibility index (Phi) is 6.07. The first-order valence-electron chi connectivity index (χ1n) is 10.5. The third kappa shape index (κ3) is 3.91. The molecule has 3 aromatic rings. The quantitative estimate of drug-likeness (QED) is 0.514.